The number of aryl methyl sites for hydroxylation is 1. The maximum absolute atomic E-state index is 12.7. The van der Waals surface area contributed by atoms with Crippen molar-refractivity contribution in [3.63, 3.8) is 0 Å². The SMILES string of the molecule is O=C1NC(c2cccc3ccccc23)Nc2sc3c(c21)CCC3. The van der Waals surface area contributed by atoms with Gasteiger partial charge in [-0.25, -0.2) is 0 Å². The molecular weight excluding hydrogens is 304 g/mol. The maximum atomic E-state index is 12.7. The zero-order valence-corrected chi connectivity index (χ0v) is 13.4. The van der Waals surface area contributed by atoms with Crippen molar-refractivity contribution in [1.29, 1.82) is 0 Å². The summed E-state index contributed by atoms with van der Waals surface area (Å²) in [6, 6.07) is 14.6. The molecule has 2 aliphatic rings. The van der Waals surface area contributed by atoms with E-state index in [1.807, 2.05) is 12.1 Å². The molecule has 4 heteroatoms. The first-order chi connectivity index (χ1) is 11.3. The van der Waals surface area contributed by atoms with Gasteiger partial charge in [-0.1, -0.05) is 42.5 Å². The average molecular weight is 320 g/mol. The van der Waals surface area contributed by atoms with E-state index >= 15 is 0 Å². The lowest BCUT2D eigenvalue weighted by Gasteiger charge is -2.27. The van der Waals surface area contributed by atoms with Crippen molar-refractivity contribution in [1.82, 2.24) is 5.32 Å². The molecule has 2 heterocycles. The third-order valence-corrected chi connectivity index (χ3v) is 6.06. The lowest BCUT2D eigenvalue weighted by Crippen LogP contribution is -2.38. The summed E-state index contributed by atoms with van der Waals surface area (Å²) in [6.07, 6.45) is 3.16. The molecule has 0 bridgehead atoms. The largest absolute Gasteiger partial charge is 0.353 e. The fourth-order valence-electron chi connectivity index (χ4n) is 3.77. The smallest absolute Gasteiger partial charge is 0.256 e. The van der Waals surface area contributed by atoms with Gasteiger partial charge in [0.05, 0.1) is 5.56 Å². The van der Waals surface area contributed by atoms with Crippen LogP contribution in [0.25, 0.3) is 10.8 Å². The monoisotopic (exact) mass is 320 g/mol. The molecule has 0 spiro atoms. The van der Waals surface area contributed by atoms with Crippen molar-refractivity contribution in [3.05, 3.63) is 64.0 Å². The first-order valence-electron chi connectivity index (χ1n) is 8.01. The van der Waals surface area contributed by atoms with Crippen molar-refractivity contribution in [2.24, 2.45) is 0 Å². The lowest BCUT2D eigenvalue weighted by atomic mass is 10.0. The molecule has 0 fully saturated rings. The number of amides is 1. The minimum Gasteiger partial charge on any atom is -0.353 e. The van der Waals surface area contributed by atoms with E-state index in [0.717, 1.165) is 29.0 Å². The third-order valence-electron chi connectivity index (χ3n) is 4.83. The van der Waals surface area contributed by atoms with Crippen LogP contribution in [0.15, 0.2) is 42.5 Å². The fraction of sp³-hybridized carbons (Fsp3) is 0.211. The van der Waals surface area contributed by atoms with Gasteiger partial charge < -0.3 is 10.6 Å². The van der Waals surface area contributed by atoms with Gasteiger partial charge in [0.2, 0.25) is 0 Å². The minimum absolute atomic E-state index is 0.0658. The molecule has 0 saturated heterocycles. The molecule has 3 aromatic rings. The first kappa shape index (κ1) is 13.1. The van der Waals surface area contributed by atoms with E-state index < -0.39 is 0 Å². The maximum Gasteiger partial charge on any atom is 0.256 e. The Morgan fingerprint density at radius 2 is 1.87 bits per heavy atom. The van der Waals surface area contributed by atoms with Crippen LogP contribution in [0.3, 0.4) is 0 Å². The standard InChI is InChI=1S/C19H16N2OS/c22-18-16-14-9-4-10-15(14)23-19(16)21-17(20-18)13-8-3-6-11-5-1-2-7-12(11)13/h1-3,5-8,17,21H,4,9-10H2,(H,20,22). The number of rotatable bonds is 1. The minimum atomic E-state index is -0.167. The summed E-state index contributed by atoms with van der Waals surface area (Å²) < 4.78 is 0. The van der Waals surface area contributed by atoms with Crippen LogP contribution in [-0.2, 0) is 12.8 Å². The second-order valence-electron chi connectivity index (χ2n) is 6.18. The average Bonchev–Trinajstić information content (AvgIpc) is 3.14. The normalized spacial score (nSPS) is 19.1. The van der Waals surface area contributed by atoms with Gasteiger partial charge in [-0.05, 0) is 35.6 Å². The van der Waals surface area contributed by atoms with Gasteiger partial charge >= 0.3 is 0 Å². The Morgan fingerprint density at radius 3 is 2.83 bits per heavy atom. The van der Waals surface area contributed by atoms with Crippen molar-refractivity contribution in [2.45, 2.75) is 25.4 Å². The topological polar surface area (TPSA) is 41.1 Å². The van der Waals surface area contributed by atoms with Gasteiger partial charge in [-0.3, -0.25) is 4.79 Å². The zero-order valence-electron chi connectivity index (χ0n) is 12.6. The zero-order chi connectivity index (χ0) is 15.4. The van der Waals surface area contributed by atoms with Gasteiger partial charge in [0.25, 0.3) is 5.91 Å². The van der Waals surface area contributed by atoms with Gasteiger partial charge in [-0.15, -0.1) is 11.3 Å². The summed E-state index contributed by atoms with van der Waals surface area (Å²) in [4.78, 5) is 14.1. The van der Waals surface area contributed by atoms with Gasteiger partial charge in [0, 0.05) is 10.4 Å². The number of nitrogens with one attached hydrogen (secondary N) is 2. The van der Waals surface area contributed by atoms with Crippen LogP contribution in [0.2, 0.25) is 0 Å². The number of hydrogen-bond acceptors (Lipinski definition) is 3. The molecule has 1 atom stereocenters. The number of hydrogen-bond donors (Lipinski definition) is 2. The molecule has 1 aromatic heterocycles. The van der Waals surface area contributed by atoms with Crippen molar-refractivity contribution < 1.29 is 4.79 Å². The van der Waals surface area contributed by atoms with E-state index in [1.54, 1.807) is 11.3 Å². The van der Waals surface area contributed by atoms with Crippen molar-refractivity contribution >= 4 is 33.0 Å². The fourth-order valence-corrected chi connectivity index (χ4v) is 5.09. The highest BCUT2D eigenvalue weighted by Crippen LogP contribution is 2.42. The molecule has 2 N–H and O–H groups in total. The molecule has 1 amide bonds. The predicted octanol–water partition coefficient (Wildman–Crippen LogP) is 4.24. The number of anilines is 1. The number of carbonyl (C=O) groups excluding carboxylic acids is 1. The molecule has 1 aliphatic carbocycles. The molecule has 114 valence electrons. The van der Waals surface area contributed by atoms with E-state index in [2.05, 4.69) is 41.0 Å². The van der Waals surface area contributed by atoms with Crippen LogP contribution in [0.1, 0.15) is 38.9 Å². The predicted molar refractivity (Wildman–Crippen MR) is 94.1 cm³/mol. The number of carbonyl (C=O) groups is 1. The van der Waals surface area contributed by atoms with E-state index in [4.69, 9.17) is 0 Å². The van der Waals surface area contributed by atoms with Crippen molar-refractivity contribution in [2.75, 3.05) is 5.32 Å². The van der Waals surface area contributed by atoms with E-state index in [-0.39, 0.29) is 12.1 Å². The second-order valence-corrected chi connectivity index (χ2v) is 7.29. The molecular formula is C19H16N2OS. The summed E-state index contributed by atoms with van der Waals surface area (Å²) in [6.45, 7) is 0. The third kappa shape index (κ3) is 1.91. The highest BCUT2D eigenvalue weighted by Gasteiger charge is 2.33. The highest BCUT2D eigenvalue weighted by molar-refractivity contribution is 7.16. The van der Waals surface area contributed by atoms with Crippen molar-refractivity contribution in [3.8, 4) is 0 Å². The Balaban J connectivity index is 1.61. The van der Waals surface area contributed by atoms with Gasteiger partial charge in [0.15, 0.2) is 0 Å². The molecule has 23 heavy (non-hydrogen) atoms. The summed E-state index contributed by atoms with van der Waals surface area (Å²) >= 11 is 1.76. The lowest BCUT2D eigenvalue weighted by molar-refractivity contribution is 0.0936. The highest BCUT2D eigenvalue weighted by atomic mass is 32.1. The second kappa shape index (κ2) is 4.83. The Labute approximate surface area is 138 Å². The van der Waals surface area contributed by atoms with Gasteiger partial charge in [-0.2, -0.15) is 0 Å². The van der Waals surface area contributed by atoms with Crippen LogP contribution >= 0.6 is 11.3 Å². The number of thiophene rings is 1. The van der Waals surface area contributed by atoms with Crippen LogP contribution in [-0.4, -0.2) is 5.91 Å². The Morgan fingerprint density at radius 1 is 1.00 bits per heavy atom. The Bertz CT molecular complexity index is 938. The van der Waals surface area contributed by atoms with E-state index in [0.29, 0.717) is 0 Å². The molecule has 5 rings (SSSR count). The molecule has 1 unspecified atom stereocenters. The van der Waals surface area contributed by atoms with E-state index in [1.165, 1.54) is 27.6 Å². The van der Waals surface area contributed by atoms with Crippen LogP contribution in [0.5, 0.6) is 0 Å². The Hall–Kier alpha value is -2.33. The summed E-state index contributed by atoms with van der Waals surface area (Å²) in [7, 11) is 0. The summed E-state index contributed by atoms with van der Waals surface area (Å²) in [5, 5.41) is 10.1. The molecule has 2 aromatic carbocycles. The summed E-state index contributed by atoms with van der Waals surface area (Å²) in [5.74, 6) is 0.0658. The van der Waals surface area contributed by atoms with Crippen LogP contribution in [0, 0.1) is 0 Å². The molecule has 1 aliphatic heterocycles. The van der Waals surface area contributed by atoms with Crippen LogP contribution in [0.4, 0.5) is 5.00 Å². The molecule has 0 radical (unpaired) electrons. The molecule has 0 saturated carbocycles. The quantitative estimate of drug-likeness (QED) is 0.704. The number of benzene rings is 2. The Kier molecular flexibility index (Phi) is 2.76. The summed E-state index contributed by atoms with van der Waals surface area (Å²) in [5.41, 5.74) is 3.28. The van der Waals surface area contributed by atoms with Gasteiger partial charge in [0.1, 0.15) is 11.2 Å². The number of fused-ring (bicyclic) bond motifs is 4. The molecule has 3 nitrogen and oxygen atoms in total. The first-order valence-corrected chi connectivity index (χ1v) is 8.82. The van der Waals surface area contributed by atoms with Crippen LogP contribution < -0.4 is 10.6 Å². The van der Waals surface area contributed by atoms with E-state index in [9.17, 15) is 4.79 Å².